The lowest BCUT2D eigenvalue weighted by atomic mass is 10.0. The van der Waals surface area contributed by atoms with Crippen molar-refractivity contribution in [3.63, 3.8) is 0 Å². The molecule has 0 atom stereocenters. The predicted octanol–water partition coefficient (Wildman–Crippen LogP) is 2.84. The fourth-order valence-corrected chi connectivity index (χ4v) is 3.27. The van der Waals surface area contributed by atoms with Crippen molar-refractivity contribution in [1.29, 1.82) is 0 Å². The maximum Gasteiger partial charge on any atom is 0.254 e. The molecule has 0 aromatic heterocycles. The number of nitrogens with zero attached hydrogens (tertiary/aromatic N) is 1. The first kappa shape index (κ1) is 22.1. The Balaban J connectivity index is 2.17. The SMILES string of the molecule is CCOc1cc(C(=O)N2CCC(NC(=O)CCl)CC2)cc(OCC)c1OCC. The molecule has 1 heterocycles. The van der Waals surface area contributed by atoms with Gasteiger partial charge in [0.05, 0.1) is 19.8 Å². The molecule has 1 aromatic carbocycles. The third-order valence-corrected chi connectivity index (χ3v) is 4.67. The molecule has 0 spiro atoms. The standard InChI is InChI=1S/C20H29ClN2O5/c1-4-26-16-11-14(12-17(27-5-2)19(16)28-6-3)20(25)23-9-7-15(8-10-23)22-18(24)13-21/h11-12,15H,4-10,13H2,1-3H3,(H,22,24). The second kappa shape index (κ2) is 11.0. The van der Waals surface area contributed by atoms with Crippen LogP contribution >= 0.6 is 11.6 Å². The predicted molar refractivity (Wildman–Crippen MR) is 108 cm³/mol. The second-order valence-electron chi connectivity index (χ2n) is 6.37. The fraction of sp³-hybridized carbons (Fsp3) is 0.600. The molecule has 0 aliphatic carbocycles. The highest BCUT2D eigenvalue weighted by molar-refractivity contribution is 6.27. The minimum atomic E-state index is -0.180. The number of piperidine rings is 1. The normalized spacial score (nSPS) is 14.5. The van der Waals surface area contributed by atoms with Crippen LogP contribution in [0.1, 0.15) is 44.0 Å². The van der Waals surface area contributed by atoms with Gasteiger partial charge >= 0.3 is 0 Å². The molecule has 1 N–H and O–H groups in total. The van der Waals surface area contributed by atoms with Gasteiger partial charge in [0, 0.05) is 24.7 Å². The van der Waals surface area contributed by atoms with Crippen LogP contribution < -0.4 is 19.5 Å². The number of carbonyl (C=O) groups excluding carboxylic acids is 2. The first-order valence-electron chi connectivity index (χ1n) is 9.74. The highest BCUT2D eigenvalue weighted by Crippen LogP contribution is 2.39. The van der Waals surface area contributed by atoms with E-state index in [1.165, 1.54) is 0 Å². The van der Waals surface area contributed by atoms with Gasteiger partial charge in [-0.2, -0.15) is 0 Å². The number of ether oxygens (including phenoxy) is 3. The molecule has 2 amide bonds. The lowest BCUT2D eigenvalue weighted by molar-refractivity contribution is -0.119. The highest BCUT2D eigenvalue weighted by Gasteiger charge is 2.26. The van der Waals surface area contributed by atoms with Gasteiger partial charge in [-0.1, -0.05) is 0 Å². The molecule has 0 unspecified atom stereocenters. The first-order valence-corrected chi connectivity index (χ1v) is 10.3. The van der Waals surface area contributed by atoms with Crippen LogP contribution in [-0.4, -0.2) is 61.5 Å². The van der Waals surface area contributed by atoms with Gasteiger partial charge in [-0.05, 0) is 45.7 Å². The van der Waals surface area contributed by atoms with Gasteiger partial charge in [0.2, 0.25) is 11.7 Å². The zero-order valence-electron chi connectivity index (χ0n) is 16.8. The third kappa shape index (κ3) is 5.67. The Bertz CT molecular complexity index is 648. The van der Waals surface area contributed by atoms with Crippen LogP contribution in [0.4, 0.5) is 0 Å². The van der Waals surface area contributed by atoms with E-state index in [1.54, 1.807) is 17.0 Å². The molecular formula is C20H29ClN2O5. The number of hydrogen-bond donors (Lipinski definition) is 1. The maximum atomic E-state index is 13.0. The summed E-state index contributed by atoms with van der Waals surface area (Å²) in [6.07, 6.45) is 1.39. The third-order valence-electron chi connectivity index (χ3n) is 4.42. The molecule has 1 aliphatic rings. The molecule has 0 radical (unpaired) electrons. The summed E-state index contributed by atoms with van der Waals surface area (Å²) < 4.78 is 17.1. The van der Waals surface area contributed by atoms with E-state index < -0.39 is 0 Å². The quantitative estimate of drug-likeness (QED) is 0.631. The number of likely N-dealkylation sites (tertiary alicyclic amines) is 1. The van der Waals surface area contributed by atoms with Crippen LogP contribution in [0.5, 0.6) is 17.2 Å². The van der Waals surface area contributed by atoms with Crippen molar-refractivity contribution in [3.8, 4) is 17.2 Å². The summed E-state index contributed by atoms with van der Waals surface area (Å²) in [5, 5.41) is 2.88. The number of hydrogen-bond acceptors (Lipinski definition) is 5. The van der Waals surface area contributed by atoms with Crippen LogP contribution in [0.3, 0.4) is 0 Å². The van der Waals surface area contributed by atoms with Crippen molar-refractivity contribution in [2.24, 2.45) is 0 Å². The van der Waals surface area contributed by atoms with E-state index >= 15 is 0 Å². The lowest BCUT2D eigenvalue weighted by Crippen LogP contribution is -2.46. The van der Waals surface area contributed by atoms with Crippen LogP contribution in [0.25, 0.3) is 0 Å². The molecule has 1 saturated heterocycles. The van der Waals surface area contributed by atoms with E-state index in [9.17, 15) is 9.59 Å². The summed E-state index contributed by atoms with van der Waals surface area (Å²) >= 11 is 5.54. The van der Waals surface area contributed by atoms with E-state index in [4.69, 9.17) is 25.8 Å². The molecular weight excluding hydrogens is 384 g/mol. The van der Waals surface area contributed by atoms with E-state index in [2.05, 4.69) is 5.32 Å². The smallest absolute Gasteiger partial charge is 0.254 e. The number of rotatable bonds is 9. The van der Waals surface area contributed by atoms with E-state index in [1.807, 2.05) is 20.8 Å². The maximum absolute atomic E-state index is 13.0. The Morgan fingerprint density at radius 1 is 1.04 bits per heavy atom. The number of amides is 2. The van der Waals surface area contributed by atoms with E-state index in [0.29, 0.717) is 68.6 Å². The van der Waals surface area contributed by atoms with Gasteiger partial charge in [0.1, 0.15) is 5.88 Å². The summed E-state index contributed by atoms with van der Waals surface area (Å²) in [5.41, 5.74) is 0.499. The van der Waals surface area contributed by atoms with Gasteiger partial charge in [0.25, 0.3) is 5.91 Å². The van der Waals surface area contributed by atoms with Crippen LogP contribution in [0, 0.1) is 0 Å². The van der Waals surface area contributed by atoms with E-state index in [0.717, 1.165) is 0 Å². The molecule has 7 nitrogen and oxygen atoms in total. The summed E-state index contributed by atoms with van der Waals surface area (Å²) in [4.78, 5) is 26.3. The molecule has 2 rings (SSSR count). The highest BCUT2D eigenvalue weighted by atomic mass is 35.5. The molecule has 1 fully saturated rings. The van der Waals surface area contributed by atoms with Gasteiger partial charge < -0.3 is 24.4 Å². The largest absolute Gasteiger partial charge is 0.490 e. The van der Waals surface area contributed by atoms with Crippen molar-refractivity contribution in [1.82, 2.24) is 10.2 Å². The monoisotopic (exact) mass is 412 g/mol. The minimum Gasteiger partial charge on any atom is -0.490 e. The van der Waals surface area contributed by atoms with Gasteiger partial charge in [0.15, 0.2) is 11.5 Å². The lowest BCUT2D eigenvalue weighted by Gasteiger charge is -2.32. The van der Waals surface area contributed by atoms with Gasteiger partial charge in [-0.25, -0.2) is 0 Å². The molecule has 28 heavy (non-hydrogen) atoms. The van der Waals surface area contributed by atoms with Gasteiger partial charge in [-0.15, -0.1) is 11.6 Å². The molecule has 156 valence electrons. The summed E-state index contributed by atoms with van der Waals surface area (Å²) in [6, 6.07) is 3.47. The molecule has 0 saturated carbocycles. The Kier molecular flexibility index (Phi) is 8.70. The molecule has 0 bridgehead atoms. The van der Waals surface area contributed by atoms with Crippen molar-refractivity contribution in [3.05, 3.63) is 17.7 Å². The Labute approximate surface area is 171 Å². The molecule has 1 aliphatic heterocycles. The number of halogens is 1. The first-order chi connectivity index (χ1) is 13.5. The summed E-state index contributed by atoms with van der Waals surface area (Å²) in [7, 11) is 0. The van der Waals surface area contributed by atoms with Crippen molar-refractivity contribution in [2.75, 3.05) is 38.8 Å². The topological polar surface area (TPSA) is 77.1 Å². The second-order valence-corrected chi connectivity index (χ2v) is 6.64. The number of benzene rings is 1. The Hall–Kier alpha value is -2.15. The van der Waals surface area contributed by atoms with Crippen LogP contribution in [0.15, 0.2) is 12.1 Å². The van der Waals surface area contributed by atoms with Crippen LogP contribution in [0.2, 0.25) is 0 Å². The average molecular weight is 413 g/mol. The van der Waals surface area contributed by atoms with E-state index in [-0.39, 0.29) is 23.7 Å². The zero-order chi connectivity index (χ0) is 20.5. The molecule has 1 aromatic rings. The zero-order valence-corrected chi connectivity index (χ0v) is 17.5. The number of carbonyl (C=O) groups is 2. The Morgan fingerprint density at radius 2 is 1.57 bits per heavy atom. The fourth-order valence-electron chi connectivity index (χ4n) is 3.19. The summed E-state index contributed by atoms with van der Waals surface area (Å²) in [6.45, 7) is 8.14. The minimum absolute atomic E-state index is 0.0496. The van der Waals surface area contributed by atoms with Crippen molar-refractivity contribution >= 4 is 23.4 Å². The van der Waals surface area contributed by atoms with Crippen molar-refractivity contribution in [2.45, 2.75) is 39.7 Å². The average Bonchev–Trinajstić information content (AvgIpc) is 2.70. The van der Waals surface area contributed by atoms with Crippen molar-refractivity contribution < 1.29 is 23.8 Å². The summed E-state index contributed by atoms with van der Waals surface area (Å²) in [5.74, 6) is 1.20. The number of alkyl halides is 1. The van der Waals surface area contributed by atoms with Gasteiger partial charge in [-0.3, -0.25) is 9.59 Å². The van der Waals surface area contributed by atoms with Crippen LogP contribution in [-0.2, 0) is 4.79 Å². The number of nitrogens with one attached hydrogen (secondary N) is 1. The Morgan fingerprint density at radius 3 is 2.04 bits per heavy atom. The molecule has 8 heteroatoms.